The molecule has 4 N–H and O–H groups in total. The molecule has 9 heteroatoms. The van der Waals surface area contributed by atoms with Crippen molar-refractivity contribution in [1.82, 2.24) is 14.4 Å². The number of alkyl halides is 3. The zero-order chi connectivity index (χ0) is 20.6. The lowest BCUT2D eigenvalue weighted by molar-refractivity contribution is -0.137. The topological polar surface area (TPSA) is 88.5 Å². The first-order valence-electron chi connectivity index (χ1n) is 8.64. The van der Waals surface area contributed by atoms with E-state index >= 15 is 0 Å². The molecule has 0 fully saturated rings. The minimum Gasteiger partial charge on any atom is -0.399 e. The van der Waals surface area contributed by atoms with Crippen LogP contribution < -0.4 is 11.1 Å². The number of hydrogen-bond donors (Lipinski definition) is 3. The summed E-state index contributed by atoms with van der Waals surface area (Å²) in [5, 5.41) is 12.7. The summed E-state index contributed by atoms with van der Waals surface area (Å²) in [4.78, 5) is 8.90. The van der Waals surface area contributed by atoms with Gasteiger partial charge in [-0.05, 0) is 42.5 Å². The number of aromatic nitrogens is 3. The van der Waals surface area contributed by atoms with Gasteiger partial charge in [0, 0.05) is 23.6 Å². The van der Waals surface area contributed by atoms with E-state index in [4.69, 9.17) is 5.73 Å². The number of nitrogens with zero attached hydrogens (tertiary/aromatic N) is 3. The van der Waals surface area contributed by atoms with Gasteiger partial charge in [0.25, 0.3) is 0 Å². The zero-order valence-corrected chi connectivity index (χ0v) is 15.0. The Hall–Kier alpha value is -3.59. The fourth-order valence-corrected chi connectivity index (χ4v) is 3.05. The standard InChI is InChI=1S/C20H16F3N5O/c21-20(22,23)12-4-6-14(7-5-12)25-17-10-13(24)9-15(26-17)19-16(11-29)27-18-3-1-2-8-28(18)19/h1-10,29H,11H2,(H3,24,25,26). The molecular weight excluding hydrogens is 383 g/mol. The van der Waals surface area contributed by atoms with Crippen LogP contribution >= 0.6 is 0 Å². The molecule has 0 aliphatic carbocycles. The summed E-state index contributed by atoms with van der Waals surface area (Å²) >= 11 is 0. The SMILES string of the molecule is Nc1cc(Nc2ccc(C(F)(F)F)cc2)nc(-c2c(CO)nc3ccccn23)c1. The molecule has 0 aliphatic rings. The van der Waals surface area contributed by atoms with Gasteiger partial charge in [0.2, 0.25) is 0 Å². The number of nitrogens with one attached hydrogen (secondary N) is 1. The molecule has 0 atom stereocenters. The highest BCUT2D eigenvalue weighted by molar-refractivity contribution is 5.71. The molecule has 0 bridgehead atoms. The van der Waals surface area contributed by atoms with Crippen molar-refractivity contribution in [2.75, 3.05) is 11.1 Å². The Balaban J connectivity index is 1.72. The van der Waals surface area contributed by atoms with E-state index < -0.39 is 11.7 Å². The van der Waals surface area contributed by atoms with Crippen molar-refractivity contribution in [3.8, 4) is 11.4 Å². The van der Waals surface area contributed by atoms with Gasteiger partial charge in [-0.3, -0.25) is 4.40 Å². The zero-order valence-electron chi connectivity index (χ0n) is 15.0. The van der Waals surface area contributed by atoms with Crippen LogP contribution in [0.3, 0.4) is 0 Å². The summed E-state index contributed by atoms with van der Waals surface area (Å²) in [6, 6.07) is 13.3. The molecule has 0 saturated heterocycles. The first kappa shape index (κ1) is 18.8. The Labute approximate surface area is 163 Å². The van der Waals surface area contributed by atoms with E-state index in [1.165, 1.54) is 12.1 Å². The maximum atomic E-state index is 12.7. The molecule has 3 heterocycles. The van der Waals surface area contributed by atoms with E-state index in [1.807, 2.05) is 12.1 Å². The van der Waals surface area contributed by atoms with E-state index in [-0.39, 0.29) is 6.61 Å². The number of nitrogens with two attached hydrogens (primary N) is 1. The van der Waals surface area contributed by atoms with E-state index in [2.05, 4.69) is 15.3 Å². The summed E-state index contributed by atoms with van der Waals surface area (Å²) in [5.74, 6) is 0.356. The number of pyridine rings is 2. The molecule has 6 nitrogen and oxygen atoms in total. The predicted octanol–water partition coefficient (Wildman–Crippen LogP) is 4.23. The third kappa shape index (κ3) is 3.72. The largest absolute Gasteiger partial charge is 0.416 e. The van der Waals surface area contributed by atoms with Crippen molar-refractivity contribution in [2.45, 2.75) is 12.8 Å². The second kappa shape index (κ2) is 7.10. The molecule has 0 aliphatic heterocycles. The van der Waals surface area contributed by atoms with Crippen molar-refractivity contribution in [3.05, 3.63) is 72.1 Å². The van der Waals surface area contributed by atoms with Crippen LogP contribution in [-0.4, -0.2) is 19.5 Å². The van der Waals surface area contributed by atoms with Crippen LogP contribution in [-0.2, 0) is 12.8 Å². The molecule has 0 unspecified atom stereocenters. The third-order valence-electron chi connectivity index (χ3n) is 4.33. The predicted molar refractivity (Wildman–Crippen MR) is 103 cm³/mol. The highest BCUT2D eigenvalue weighted by Gasteiger charge is 2.29. The summed E-state index contributed by atoms with van der Waals surface area (Å²) in [5.41, 5.74) is 8.27. The van der Waals surface area contributed by atoms with E-state index in [0.29, 0.717) is 39.9 Å². The highest BCUT2D eigenvalue weighted by atomic mass is 19.4. The van der Waals surface area contributed by atoms with Crippen LogP contribution in [0.4, 0.5) is 30.4 Å². The molecule has 0 radical (unpaired) electrons. The van der Waals surface area contributed by atoms with Gasteiger partial charge in [-0.2, -0.15) is 13.2 Å². The Morgan fingerprint density at radius 3 is 2.48 bits per heavy atom. The number of hydrogen-bond acceptors (Lipinski definition) is 5. The summed E-state index contributed by atoms with van der Waals surface area (Å²) in [6.07, 6.45) is -2.60. The molecule has 29 heavy (non-hydrogen) atoms. The number of halogens is 3. The van der Waals surface area contributed by atoms with Crippen molar-refractivity contribution in [2.24, 2.45) is 0 Å². The van der Waals surface area contributed by atoms with Gasteiger partial charge in [0.05, 0.1) is 29.3 Å². The van der Waals surface area contributed by atoms with Crippen LogP contribution in [0, 0.1) is 0 Å². The van der Waals surface area contributed by atoms with Crippen LogP contribution in [0.2, 0.25) is 0 Å². The van der Waals surface area contributed by atoms with Gasteiger partial charge in [-0.25, -0.2) is 9.97 Å². The van der Waals surface area contributed by atoms with Crippen molar-refractivity contribution >= 4 is 22.8 Å². The Bertz CT molecular complexity index is 1170. The Morgan fingerprint density at radius 1 is 1.03 bits per heavy atom. The van der Waals surface area contributed by atoms with Crippen LogP contribution in [0.1, 0.15) is 11.3 Å². The monoisotopic (exact) mass is 399 g/mol. The van der Waals surface area contributed by atoms with Crippen LogP contribution in [0.15, 0.2) is 60.8 Å². The third-order valence-corrected chi connectivity index (χ3v) is 4.33. The molecule has 0 spiro atoms. The molecule has 148 valence electrons. The highest BCUT2D eigenvalue weighted by Crippen LogP contribution is 2.31. The molecule has 1 aromatic carbocycles. The number of benzene rings is 1. The van der Waals surface area contributed by atoms with E-state index in [9.17, 15) is 18.3 Å². The quantitative estimate of drug-likeness (QED) is 0.478. The number of imidazole rings is 1. The van der Waals surface area contributed by atoms with Gasteiger partial charge in [-0.1, -0.05) is 6.07 Å². The van der Waals surface area contributed by atoms with Gasteiger partial charge in [0.15, 0.2) is 0 Å². The van der Waals surface area contributed by atoms with E-state index in [0.717, 1.165) is 12.1 Å². The molecular formula is C20H16F3N5O. The summed E-state index contributed by atoms with van der Waals surface area (Å²) in [7, 11) is 0. The average Bonchev–Trinajstić information content (AvgIpc) is 3.06. The maximum absolute atomic E-state index is 12.7. The molecule has 0 saturated carbocycles. The fraction of sp³-hybridized carbons (Fsp3) is 0.100. The van der Waals surface area contributed by atoms with E-state index in [1.54, 1.807) is 28.8 Å². The number of aliphatic hydroxyl groups is 1. The summed E-state index contributed by atoms with van der Waals surface area (Å²) < 4.78 is 40.0. The van der Waals surface area contributed by atoms with Crippen molar-refractivity contribution in [1.29, 1.82) is 0 Å². The first-order chi connectivity index (χ1) is 13.8. The number of fused-ring (bicyclic) bond motifs is 1. The summed E-state index contributed by atoms with van der Waals surface area (Å²) in [6.45, 7) is -0.283. The van der Waals surface area contributed by atoms with Gasteiger partial charge < -0.3 is 16.2 Å². The fourth-order valence-electron chi connectivity index (χ4n) is 3.05. The number of aliphatic hydroxyl groups excluding tert-OH is 1. The van der Waals surface area contributed by atoms with Gasteiger partial charge >= 0.3 is 6.18 Å². The number of anilines is 3. The average molecular weight is 399 g/mol. The second-order valence-electron chi connectivity index (χ2n) is 6.37. The second-order valence-corrected chi connectivity index (χ2v) is 6.37. The lowest BCUT2D eigenvalue weighted by atomic mass is 10.2. The minimum atomic E-state index is -4.40. The maximum Gasteiger partial charge on any atom is 0.416 e. The normalized spacial score (nSPS) is 11.7. The Morgan fingerprint density at radius 2 is 1.79 bits per heavy atom. The minimum absolute atomic E-state index is 0.283. The smallest absolute Gasteiger partial charge is 0.399 e. The first-order valence-corrected chi connectivity index (χ1v) is 8.64. The molecule has 0 amide bonds. The number of rotatable bonds is 4. The number of nitrogen functional groups attached to an aromatic ring is 1. The van der Waals surface area contributed by atoms with Crippen LogP contribution in [0.5, 0.6) is 0 Å². The molecule has 4 rings (SSSR count). The molecule has 3 aromatic heterocycles. The lowest BCUT2D eigenvalue weighted by Gasteiger charge is -2.11. The van der Waals surface area contributed by atoms with Crippen molar-refractivity contribution in [3.63, 3.8) is 0 Å². The Kier molecular flexibility index (Phi) is 4.59. The van der Waals surface area contributed by atoms with Gasteiger partial charge in [-0.15, -0.1) is 0 Å². The van der Waals surface area contributed by atoms with Crippen molar-refractivity contribution < 1.29 is 18.3 Å². The van der Waals surface area contributed by atoms with Gasteiger partial charge in [0.1, 0.15) is 11.5 Å². The van der Waals surface area contributed by atoms with Crippen LogP contribution in [0.25, 0.3) is 17.0 Å². The molecule has 4 aromatic rings. The lowest BCUT2D eigenvalue weighted by Crippen LogP contribution is -2.05.